The standard InChI is InChI=1S/C19H24O9S/c1-11(20)25-16-15(10-29(23)14-8-6-5-7-9-14)28-19(24-4)18(27-13(3)22)17(16)26-12(2)21/h5-9,15-19H,10H2,1-4H3/t15-,16-,17+,18-,19+,29+/m1/s1. The van der Waals surface area contributed by atoms with Gasteiger partial charge in [0.1, 0.15) is 6.10 Å². The van der Waals surface area contributed by atoms with E-state index in [2.05, 4.69) is 0 Å². The summed E-state index contributed by atoms with van der Waals surface area (Å²) in [5.74, 6) is -2.06. The number of rotatable bonds is 7. The largest absolute Gasteiger partial charge is 0.456 e. The summed E-state index contributed by atoms with van der Waals surface area (Å²) in [6, 6.07) is 8.67. The molecule has 10 heteroatoms. The first-order chi connectivity index (χ1) is 13.7. The fraction of sp³-hybridized carbons (Fsp3) is 0.526. The van der Waals surface area contributed by atoms with E-state index in [0.717, 1.165) is 0 Å². The highest BCUT2D eigenvalue weighted by atomic mass is 32.2. The highest BCUT2D eigenvalue weighted by Gasteiger charge is 2.52. The zero-order valence-electron chi connectivity index (χ0n) is 16.6. The van der Waals surface area contributed by atoms with Crippen LogP contribution in [0.1, 0.15) is 20.8 Å². The van der Waals surface area contributed by atoms with Crippen molar-refractivity contribution in [2.24, 2.45) is 0 Å². The molecule has 0 aliphatic carbocycles. The van der Waals surface area contributed by atoms with Gasteiger partial charge in [-0.05, 0) is 12.1 Å². The van der Waals surface area contributed by atoms with Crippen molar-refractivity contribution in [1.82, 2.24) is 0 Å². The van der Waals surface area contributed by atoms with E-state index in [4.69, 9.17) is 23.7 Å². The van der Waals surface area contributed by atoms with E-state index in [9.17, 15) is 18.6 Å². The van der Waals surface area contributed by atoms with Crippen LogP contribution in [-0.2, 0) is 48.9 Å². The fourth-order valence-electron chi connectivity index (χ4n) is 3.00. The Morgan fingerprint density at radius 3 is 1.93 bits per heavy atom. The van der Waals surface area contributed by atoms with Gasteiger partial charge in [-0.1, -0.05) is 18.2 Å². The van der Waals surface area contributed by atoms with Gasteiger partial charge in [0.25, 0.3) is 0 Å². The molecule has 6 atom stereocenters. The molecular formula is C19H24O9S. The van der Waals surface area contributed by atoms with Crippen LogP contribution in [-0.4, -0.2) is 65.7 Å². The Hall–Kier alpha value is -2.30. The van der Waals surface area contributed by atoms with Crippen LogP contribution in [0, 0.1) is 0 Å². The lowest BCUT2D eigenvalue weighted by Gasteiger charge is -2.43. The minimum absolute atomic E-state index is 0.0631. The average Bonchev–Trinajstić information content (AvgIpc) is 2.65. The van der Waals surface area contributed by atoms with Crippen LogP contribution < -0.4 is 0 Å². The van der Waals surface area contributed by atoms with Crippen molar-refractivity contribution in [1.29, 1.82) is 0 Å². The lowest BCUT2D eigenvalue weighted by Crippen LogP contribution is -2.62. The molecule has 2 rings (SSSR count). The number of hydrogen-bond donors (Lipinski definition) is 0. The monoisotopic (exact) mass is 428 g/mol. The highest BCUT2D eigenvalue weighted by molar-refractivity contribution is 7.85. The first-order valence-electron chi connectivity index (χ1n) is 8.86. The molecule has 1 aliphatic heterocycles. The van der Waals surface area contributed by atoms with Gasteiger partial charge in [-0.25, -0.2) is 0 Å². The lowest BCUT2D eigenvalue weighted by molar-refractivity contribution is -0.294. The first-order valence-corrected chi connectivity index (χ1v) is 10.2. The van der Waals surface area contributed by atoms with Gasteiger partial charge < -0.3 is 23.7 Å². The number of esters is 3. The Labute approximate surface area is 171 Å². The molecule has 0 unspecified atom stereocenters. The van der Waals surface area contributed by atoms with Crippen LogP contribution in [0.2, 0.25) is 0 Å². The molecule has 0 spiro atoms. The zero-order valence-corrected chi connectivity index (χ0v) is 17.4. The molecule has 0 radical (unpaired) electrons. The van der Waals surface area contributed by atoms with Gasteiger partial charge in [0.05, 0.1) is 16.6 Å². The molecule has 160 valence electrons. The zero-order chi connectivity index (χ0) is 21.6. The van der Waals surface area contributed by atoms with Crippen molar-refractivity contribution in [2.45, 2.75) is 56.4 Å². The second-order valence-corrected chi connectivity index (χ2v) is 7.82. The van der Waals surface area contributed by atoms with Gasteiger partial charge in [-0.2, -0.15) is 0 Å². The van der Waals surface area contributed by atoms with Gasteiger partial charge >= 0.3 is 17.9 Å². The molecule has 1 fully saturated rings. The topological polar surface area (TPSA) is 114 Å². The molecule has 29 heavy (non-hydrogen) atoms. The van der Waals surface area contributed by atoms with E-state index in [1.807, 2.05) is 0 Å². The maximum Gasteiger partial charge on any atom is 0.303 e. The molecule has 1 aromatic carbocycles. The Morgan fingerprint density at radius 1 is 0.897 bits per heavy atom. The molecule has 9 nitrogen and oxygen atoms in total. The molecule has 0 aromatic heterocycles. The summed E-state index contributed by atoms with van der Waals surface area (Å²) in [5, 5.41) is 0. The lowest BCUT2D eigenvalue weighted by atomic mass is 9.98. The van der Waals surface area contributed by atoms with Crippen LogP contribution >= 0.6 is 0 Å². The predicted molar refractivity (Wildman–Crippen MR) is 100 cm³/mol. The summed E-state index contributed by atoms with van der Waals surface area (Å²) < 4.78 is 39.7. The highest BCUT2D eigenvalue weighted by Crippen LogP contribution is 2.30. The Balaban J connectivity index is 2.37. The first kappa shape index (κ1) is 23.0. The number of hydrogen-bond acceptors (Lipinski definition) is 9. The molecule has 1 saturated heterocycles. The summed E-state index contributed by atoms with van der Waals surface area (Å²) in [6.07, 6.45) is -5.59. The summed E-state index contributed by atoms with van der Waals surface area (Å²) >= 11 is 0. The smallest absolute Gasteiger partial charge is 0.303 e. The SMILES string of the molecule is CO[C@H]1O[C@H](C[S@](=O)c2ccccc2)[C@@H](OC(C)=O)[C@H](OC(C)=O)[C@H]1OC(C)=O. The Morgan fingerprint density at radius 2 is 1.41 bits per heavy atom. The number of carbonyl (C=O) groups excluding carboxylic acids is 3. The van der Waals surface area contributed by atoms with Crippen LogP contribution in [0.3, 0.4) is 0 Å². The van der Waals surface area contributed by atoms with Crippen LogP contribution in [0.5, 0.6) is 0 Å². The summed E-state index contributed by atoms with van der Waals surface area (Å²) in [4.78, 5) is 35.5. The number of methoxy groups -OCH3 is 1. The van der Waals surface area contributed by atoms with Crippen molar-refractivity contribution in [3.05, 3.63) is 30.3 Å². The van der Waals surface area contributed by atoms with E-state index in [1.54, 1.807) is 30.3 Å². The van der Waals surface area contributed by atoms with Gasteiger partial charge in [0.15, 0.2) is 24.6 Å². The number of ether oxygens (including phenoxy) is 5. The van der Waals surface area contributed by atoms with E-state index in [1.165, 1.54) is 27.9 Å². The van der Waals surface area contributed by atoms with Crippen LogP contribution in [0.15, 0.2) is 35.2 Å². The van der Waals surface area contributed by atoms with Gasteiger partial charge in [-0.15, -0.1) is 0 Å². The molecule has 0 amide bonds. The van der Waals surface area contributed by atoms with E-state index in [0.29, 0.717) is 4.90 Å². The maximum atomic E-state index is 12.8. The molecule has 1 aliphatic rings. The molecule has 0 bridgehead atoms. The molecule has 1 aromatic rings. The van der Waals surface area contributed by atoms with Crippen molar-refractivity contribution >= 4 is 28.7 Å². The fourth-order valence-corrected chi connectivity index (χ4v) is 4.22. The third-order valence-corrected chi connectivity index (χ3v) is 5.48. The van der Waals surface area contributed by atoms with Gasteiger partial charge in [0, 0.05) is 32.8 Å². The van der Waals surface area contributed by atoms with Crippen molar-refractivity contribution < 1.29 is 42.3 Å². The Kier molecular flexibility index (Phi) is 8.30. The number of carbonyl (C=O) groups is 3. The normalized spacial score (nSPS) is 27.5. The minimum atomic E-state index is -1.50. The second-order valence-electron chi connectivity index (χ2n) is 6.33. The van der Waals surface area contributed by atoms with E-state index in [-0.39, 0.29) is 5.75 Å². The van der Waals surface area contributed by atoms with Crippen molar-refractivity contribution in [3.8, 4) is 0 Å². The molecule has 0 saturated carbocycles. The predicted octanol–water partition coefficient (Wildman–Crippen LogP) is 0.961. The maximum absolute atomic E-state index is 12.8. The van der Waals surface area contributed by atoms with Crippen LogP contribution in [0.25, 0.3) is 0 Å². The quantitative estimate of drug-likeness (QED) is 0.463. The average molecular weight is 428 g/mol. The summed E-state index contributed by atoms with van der Waals surface area (Å²) in [5.41, 5.74) is 0. The minimum Gasteiger partial charge on any atom is -0.456 e. The molecule has 1 heterocycles. The summed E-state index contributed by atoms with van der Waals surface area (Å²) in [7, 11) is -0.180. The second kappa shape index (κ2) is 10.5. The molecular weight excluding hydrogens is 404 g/mol. The van der Waals surface area contributed by atoms with Gasteiger partial charge in [-0.3, -0.25) is 18.6 Å². The number of benzene rings is 1. The Bertz CT molecular complexity index is 751. The third kappa shape index (κ3) is 6.34. The van der Waals surface area contributed by atoms with Crippen LogP contribution in [0.4, 0.5) is 0 Å². The molecule has 0 N–H and O–H groups in total. The van der Waals surface area contributed by atoms with E-state index >= 15 is 0 Å². The van der Waals surface area contributed by atoms with Crippen molar-refractivity contribution in [3.63, 3.8) is 0 Å². The van der Waals surface area contributed by atoms with Crippen molar-refractivity contribution in [2.75, 3.05) is 12.9 Å². The van der Waals surface area contributed by atoms with Gasteiger partial charge in [0.2, 0.25) is 0 Å². The summed E-state index contributed by atoms with van der Waals surface area (Å²) in [6.45, 7) is 3.53. The third-order valence-electron chi connectivity index (χ3n) is 4.05. The van der Waals surface area contributed by atoms with E-state index < -0.39 is 59.4 Å².